The van der Waals surface area contributed by atoms with Gasteiger partial charge in [-0.05, 0) is 56.7 Å². The van der Waals surface area contributed by atoms with Gasteiger partial charge in [-0.3, -0.25) is 4.90 Å². The number of likely N-dealkylation sites (tertiary alicyclic amines) is 1. The molecule has 34 heavy (non-hydrogen) atoms. The smallest absolute Gasteiger partial charge is 0.169 e. The lowest BCUT2D eigenvalue weighted by atomic mass is 9.85. The standard InChI is InChI=1S/C26H36N6O2/c27-25-23(14-22(28-29-25)21-6-1-2-7-24(21)33)31-15-19-8-9-20(16-31)32(19)17-26(34)10-12-30(13-11-26)18-4-3-5-18/h1-2,6-7,14,18-20,33-34H,3-5,8-13,15-17H2,(H2,27,29). The third-order valence-electron chi connectivity index (χ3n) is 8.75. The van der Waals surface area contributed by atoms with E-state index in [1.165, 1.54) is 19.3 Å². The van der Waals surface area contributed by atoms with Gasteiger partial charge in [0.15, 0.2) is 5.82 Å². The van der Waals surface area contributed by atoms with Crippen LogP contribution in [0.3, 0.4) is 0 Å². The van der Waals surface area contributed by atoms with Gasteiger partial charge in [0.2, 0.25) is 0 Å². The molecule has 3 saturated heterocycles. The average molecular weight is 465 g/mol. The summed E-state index contributed by atoms with van der Waals surface area (Å²) in [5, 5.41) is 30.2. The Morgan fingerprint density at radius 2 is 1.68 bits per heavy atom. The number of hydrogen-bond acceptors (Lipinski definition) is 8. The fraction of sp³-hybridized carbons (Fsp3) is 0.615. The van der Waals surface area contributed by atoms with Gasteiger partial charge in [0.1, 0.15) is 5.75 Å². The molecule has 0 radical (unpaired) electrons. The molecule has 6 rings (SSSR count). The molecule has 3 aliphatic heterocycles. The number of nitrogen functional groups attached to an aromatic ring is 1. The normalized spacial score (nSPS) is 27.6. The van der Waals surface area contributed by atoms with Gasteiger partial charge >= 0.3 is 0 Å². The molecule has 1 saturated carbocycles. The molecule has 4 fully saturated rings. The summed E-state index contributed by atoms with van der Waals surface area (Å²) in [4.78, 5) is 7.51. The van der Waals surface area contributed by atoms with Crippen LogP contribution in [0.15, 0.2) is 30.3 Å². The number of para-hydroxylation sites is 1. The van der Waals surface area contributed by atoms with Crippen LogP contribution in [0.4, 0.5) is 11.5 Å². The van der Waals surface area contributed by atoms with Crippen LogP contribution >= 0.6 is 0 Å². The zero-order chi connectivity index (χ0) is 23.3. The summed E-state index contributed by atoms with van der Waals surface area (Å²) >= 11 is 0. The minimum Gasteiger partial charge on any atom is -0.507 e. The highest BCUT2D eigenvalue weighted by Crippen LogP contribution is 2.39. The van der Waals surface area contributed by atoms with Gasteiger partial charge in [-0.15, -0.1) is 10.2 Å². The number of piperidine rings is 1. The molecule has 8 nitrogen and oxygen atoms in total. The molecule has 182 valence electrons. The first-order valence-electron chi connectivity index (χ1n) is 12.9. The molecular weight excluding hydrogens is 428 g/mol. The molecule has 4 heterocycles. The molecule has 2 unspecified atom stereocenters. The second kappa shape index (κ2) is 8.66. The summed E-state index contributed by atoms with van der Waals surface area (Å²) in [5.74, 6) is 0.614. The van der Waals surface area contributed by atoms with Crippen molar-refractivity contribution < 1.29 is 10.2 Å². The number of aliphatic hydroxyl groups is 1. The Labute approximate surface area is 201 Å². The van der Waals surface area contributed by atoms with Crippen LogP contribution < -0.4 is 10.6 Å². The van der Waals surface area contributed by atoms with E-state index in [9.17, 15) is 10.2 Å². The van der Waals surface area contributed by atoms with Crippen LogP contribution in [-0.4, -0.2) is 86.7 Å². The molecule has 0 amide bonds. The third-order valence-corrected chi connectivity index (χ3v) is 8.75. The van der Waals surface area contributed by atoms with E-state index in [0.717, 1.165) is 70.1 Å². The average Bonchev–Trinajstić information content (AvgIpc) is 3.01. The van der Waals surface area contributed by atoms with Gasteiger partial charge < -0.3 is 25.7 Å². The van der Waals surface area contributed by atoms with Crippen molar-refractivity contribution >= 4 is 11.5 Å². The number of nitrogens with zero attached hydrogens (tertiary/aromatic N) is 5. The maximum Gasteiger partial charge on any atom is 0.169 e. The Morgan fingerprint density at radius 3 is 2.32 bits per heavy atom. The molecule has 2 bridgehead atoms. The maximum absolute atomic E-state index is 11.4. The second-order valence-corrected chi connectivity index (χ2v) is 10.8. The number of nitrogens with two attached hydrogens (primary N) is 1. The van der Waals surface area contributed by atoms with Gasteiger partial charge in [-0.25, -0.2) is 0 Å². The van der Waals surface area contributed by atoms with Gasteiger partial charge in [-0.1, -0.05) is 18.6 Å². The van der Waals surface area contributed by atoms with Crippen molar-refractivity contribution in [2.24, 2.45) is 0 Å². The number of piperazine rings is 1. The summed E-state index contributed by atoms with van der Waals surface area (Å²) in [6, 6.07) is 10.7. The van der Waals surface area contributed by atoms with Crippen molar-refractivity contribution in [3.05, 3.63) is 30.3 Å². The molecular formula is C26H36N6O2. The molecule has 1 aliphatic carbocycles. The van der Waals surface area contributed by atoms with E-state index in [1.54, 1.807) is 12.1 Å². The topological polar surface area (TPSA) is 102 Å². The maximum atomic E-state index is 11.4. The van der Waals surface area contributed by atoms with Crippen molar-refractivity contribution in [3.63, 3.8) is 0 Å². The van der Waals surface area contributed by atoms with Crippen molar-refractivity contribution in [2.45, 2.75) is 68.7 Å². The molecule has 4 aliphatic rings. The van der Waals surface area contributed by atoms with E-state index in [1.807, 2.05) is 18.2 Å². The van der Waals surface area contributed by atoms with E-state index in [0.29, 0.717) is 29.2 Å². The zero-order valence-corrected chi connectivity index (χ0v) is 19.8. The van der Waals surface area contributed by atoms with E-state index >= 15 is 0 Å². The lowest BCUT2D eigenvalue weighted by molar-refractivity contribution is -0.0684. The van der Waals surface area contributed by atoms with Gasteiger partial charge in [-0.2, -0.15) is 0 Å². The second-order valence-electron chi connectivity index (χ2n) is 10.8. The van der Waals surface area contributed by atoms with Crippen molar-refractivity contribution in [1.82, 2.24) is 20.0 Å². The SMILES string of the molecule is Nc1nnc(-c2ccccc2O)cc1N1CC2CCC(C1)N2CC1(O)CCN(C2CCC2)CC1. The largest absolute Gasteiger partial charge is 0.507 e. The Hall–Kier alpha value is -2.42. The van der Waals surface area contributed by atoms with Gasteiger partial charge in [0, 0.05) is 56.4 Å². The number of phenols is 1. The number of anilines is 2. The fourth-order valence-corrected chi connectivity index (χ4v) is 6.47. The summed E-state index contributed by atoms with van der Waals surface area (Å²) in [7, 11) is 0. The van der Waals surface area contributed by atoms with E-state index in [-0.39, 0.29) is 5.75 Å². The van der Waals surface area contributed by atoms with E-state index in [4.69, 9.17) is 5.73 Å². The first-order chi connectivity index (χ1) is 16.5. The highest BCUT2D eigenvalue weighted by Gasteiger charge is 2.45. The first-order valence-corrected chi connectivity index (χ1v) is 12.9. The predicted molar refractivity (Wildman–Crippen MR) is 133 cm³/mol. The molecule has 4 N–H and O–H groups in total. The van der Waals surface area contributed by atoms with E-state index < -0.39 is 5.60 Å². The zero-order valence-electron chi connectivity index (χ0n) is 19.8. The molecule has 2 aromatic rings. The molecule has 1 aromatic carbocycles. The molecule has 1 aromatic heterocycles. The highest BCUT2D eigenvalue weighted by molar-refractivity contribution is 5.74. The van der Waals surface area contributed by atoms with Crippen molar-refractivity contribution in [2.75, 3.05) is 43.4 Å². The lowest BCUT2D eigenvalue weighted by Gasteiger charge is -2.49. The Balaban J connectivity index is 1.15. The fourth-order valence-electron chi connectivity index (χ4n) is 6.47. The summed E-state index contributed by atoms with van der Waals surface area (Å²) in [6.07, 6.45) is 8.10. The number of fused-ring (bicyclic) bond motifs is 2. The van der Waals surface area contributed by atoms with Crippen molar-refractivity contribution in [3.8, 4) is 17.0 Å². The quantitative estimate of drug-likeness (QED) is 0.620. The van der Waals surface area contributed by atoms with Crippen LogP contribution in [0.2, 0.25) is 0 Å². The first kappa shape index (κ1) is 22.1. The number of phenolic OH excluding ortho intramolecular Hbond substituents is 1. The van der Waals surface area contributed by atoms with Crippen molar-refractivity contribution in [1.29, 1.82) is 0 Å². The minimum absolute atomic E-state index is 0.189. The van der Waals surface area contributed by atoms with E-state index in [2.05, 4.69) is 24.9 Å². The lowest BCUT2D eigenvalue weighted by Crippen LogP contribution is -2.60. The number of benzene rings is 1. The molecule has 2 atom stereocenters. The van der Waals surface area contributed by atoms with Crippen LogP contribution in [0, 0.1) is 0 Å². The number of aromatic nitrogens is 2. The van der Waals surface area contributed by atoms with Crippen LogP contribution in [0.5, 0.6) is 5.75 Å². The van der Waals surface area contributed by atoms with Crippen LogP contribution in [-0.2, 0) is 0 Å². The Bertz CT molecular complexity index is 1020. The third kappa shape index (κ3) is 4.01. The number of rotatable bonds is 5. The summed E-state index contributed by atoms with van der Waals surface area (Å²) in [5.41, 5.74) is 7.88. The summed E-state index contributed by atoms with van der Waals surface area (Å²) < 4.78 is 0. The van der Waals surface area contributed by atoms with Gasteiger partial charge in [0.25, 0.3) is 0 Å². The summed E-state index contributed by atoms with van der Waals surface area (Å²) in [6.45, 7) is 4.59. The van der Waals surface area contributed by atoms with Gasteiger partial charge in [0.05, 0.1) is 17.0 Å². The Morgan fingerprint density at radius 1 is 0.971 bits per heavy atom. The molecule has 0 spiro atoms. The predicted octanol–water partition coefficient (Wildman–Crippen LogP) is 2.46. The Kier molecular flexibility index (Phi) is 5.62. The highest BCUT2D eigenvalue weighted by atomic mass is 16.3. The van der Waals surface area contributed by atoms with Crippen LogP contribution in [0.25, 0.3) is 11.3 Å². The molecule has 8 heteroatoms. The van der Waals surface area contributed by atoms with Crippen LogP contribution in [0.1, 0.15) is 44.9 Å². The number of aromatic hydroxyl groups is 1. The minimum atomic E-state index is -0.571. The monoisotopic (exact) mass is 464 g/mol. The number of hydrogen-bond donors (Lipinski definition) is 3.